The summed E-state index contributed by atoms with van der Waals surface area (Å²) in [6.07, 6.45) is 8.70. The second kappa shape index (κ2) is 17.1. The van der Waals surface area contributed by atoms with Gasteiger partial charge < -0.3 is 19.6 Å². The standard InChI is InChI=1S/C47H53N11O4/c1-29-23-32(5-6-33(29)25-50-44(60)43-52-45(62-55-43)47(2,3)4)41-38-24-35(27-49-42(38)54-53-41)34-7-12-39(48-26-34)31-15-18-56(19-16-31)28-30-13-20-57(21-14-30)36-8-10-37(11-9-36)58-22-17-40(59)51-46(58)61/h5-12,23-24,26-27,30-31H,13-22,25,28H2,1-4H3,(H,50,60)(H,49,53,54)(H,51,59,61). The highest BCUT2D eigenvalue weighted by molar-refractivity contribution is 6.05. The molecule has 9 rings (SSSR count). The van der Waals surface area contributed by atoms with Crippen molar-refractivity contribution in [1.29, 1.82) is 0 Å². The van der Waals surface area contributed by atoms with Crippen LogP contribution in [0.1, 0.15) is 92.1 Å². The summed E-state index contributed by atoms with van der Waals surface area (Å²) in [5.41, 5.74) is 9.32. The number of H-pyrrole nitrogens is 1. The molecule has 0 unspecified atom stereocenters. The van der Waals surface area contributed by atoms with Crippen LogP contribution in [-0.4, -0.2) is 92.3 Å². The highest BCUT2D eigenvalue weighted by atomic mass is 16.5. The van der Waals surface area contributed by atoms with Crippen LogP contribution in [0.3, 0.4) is 0 Å². The van der Waals surface area contributed by atoms with E-state index in [1.54, 1.807) is 4.90 Å². The molecule has 4 amide bonds. The number of carbonyl (C=O) groups excluding carboxylic acids is 3. The number of pyridine rings is 2. The normalized spacial score (nSPS) is 17.2. The number of fused-ring (bicyclic) bond motifs is 1. The Hall–Kier alpha value is -6.48. The molecule has 4 aromatic heterocycles. The Morgan fingerprint density at radius 2 is 1.60 bits per heavy atom. The second-order valence-electron chi connectivity index (χ2n) is 17.9. The number of imide groups is 1. The van der Waals surface area contributed by atoms with Gasteiger partial charge in [-0.1, -0.05) is 44.1 Å². The van der Waals surface area contributed by atoms with Gasteiger partial charge in [0.15, 0.2) is 5.65 Å². The van der Waals surface area contributed by atoms with Crippen LogP contribution in [-0.2, 0) is 16.8 Å². The van der Waals surface area contributed by atoms with Gasteiger partial charge in [0.1, 0.15) is 0 Å². The molecule has 0 saturated carbocycles. The summed E-state index contributed by atoms with van der Waals surface area (Å²) >= 11 is 0. The molecule has 0 aliphatic carbocycles. The number of hydrogen-bond acceptors (Lipinski definition) is 11. The van der Waals surface area contributed by atoms with Crippen molar-refractivity contribution in [3.05, 3.63) is 102 Å². The Morgan fingerprint density at radius 3 is 2.29 bits per heavy atom. The van der Waals surface area contributed by atoms with E-state index in [0.29, 0.717) is 42.9 Å². The van der Waals surface area contributed by atoms with Gasteiger partial charge in [0, 0.05) is 102 Å². The van der Waals surface area contributed by atoms with Crippen LogP contribution in [0.2, 0.25) is 0 Å². The van der Waals surface area contributed by atoms with Crippen LogP contribution < -0.4 is 20.4 Å². The number of rotatable bonds is 10. The maximum Gasteiger partial charge on any atom is 0.328 e. The summed E-state index contributed by atoms with van der Waals surface area (Å²) in [5, 5.41) is 17.8. The molecule has 7 heterocycles. The molecule has 2 aromatic carbocycles. The van der Waals surface area contributed by atoms with Crippen molar-refractivity contribution in [1.82, 2.24) is 45.8 Å². The van der Waals surface area contributed by atoms with Crippen molar-refractivity contribution >= 4 is 40.3 Å². The van der Waals surface area contributed by atoms with Crippen molar-refractivity contribution in [2.75, 3.05) is 49.1 Å². The lowest BCUT2D eigenvalue weighted by atomic mass is 9.90. The second-order valence-corrected chi connectivity index (χ2v) is 17.9. The molecule has 6 aromatic rings. The largest absolute Gasteiger partial charge is 0.372 e. The zero-order valence-electron chi connectivity index (χ0n) is 35.8. The first kappa shape index (κ1) is 40.9. The zero-order valence-corrected chi connectivity index (χ0v) is 35.8. The third-order valence-electron chi connectivity index (χ3n) is 12.6. The van der Waals surface area contributed by atoms with Crippen LogP contribution in [0.4, 0.5) is 16.2 Å². The summed E-state index contributed by atoms with van der Waals surface area (Å²) in [4.78, 5) is 57.1. The maximum absolute atomic E-state index is 12.7. The smallest absolute Gasteiger partial charge is 0.328 e. The third kappa shape index (κ3) is 8.80. The molecule has 3 saturated heterocycles. The number of nitrogens with one attached hydrogen (secondary N) is 3. The van der Waals surface area contributed by atoms with E-state index in [1.807, 2.05) is 64.4 Å². The molecule has 15 nitrogen and oxygen atoms in total. The number of benzene rings is 2. The number of anilines is 2. The number of aryl methyl sites for hydroxylation is 1. The summed E-state index contributed by atoms with van der Waals surface area (Å²) < 4.78 is 5.28. The molecular weight excluding hydrogens is 783 g/mol. The van der Waals surface area contributed by atoms with Crippen LogP contribution in [0, 0.1) is 12.8 Å². The van der Waals surface area contributed by atoms with Crippen molar-refractivity contribution in [2.24, 2.45) is 5.92 Å². The lowest BCUT2D eigenvalue weighted by Gasteiger charge is -2.38. The van der Waals surface area contributed by atoms with Gasteiger partial charge >= 0.3 is 6.03 Å². The van der Waals surface area contributed by atoms with Crippen molar-refractivity contribution in [3.8, 4) is 22.4 Å². The molecule has 0 atom stereocenters. The molecule has 15 heteroatoms. The van der Waals surface area contributed by atoms with Crippen molar-refractivity contribution < 1.29 is 18.9 Å². The fourth-order valence-electron chi connectivity index (χ4n) is 8.82. The number of amides is 4. The van der Waals surface area contributed by atoms with E-state index in [1.165, 1.54) is 18.5 Å². The van der Waals surface area contributed by atoms with Gasteiger partial charge in [0.2, 0.25) is 11.8 Å². The Morgan fingerprint density at radius 1 is 0.855 bits per heavy atom. The first-order valence-corrected chi connectivity index (χ1v) is 21.7. The molecular formula is C47H53N11O4. The minimum Gasteiger partial charge on any atom is -0.372 e. The van der Waals surface area contributed by atoms with Crippen molar-refractivity contribution in [3.63, 3.8) is 0 Å². The summed E-state index contributed by atoms with van der Waals surface area (Å²) in [6, 6.07) is 20.4. The highest BCUT2D eigenvalue weighted by Gasteiger charge is 2.28. The Bertz CT molecular complexity index is 2580. The summed E-state index contributed by atoms with van der Waals surface area (Å²) in [5.74, 6) is 0.979. The lowest BCUT2D eigenvalue weighted by molar-refractivity contribution is -0.120. The average molecular weight is 836 g/mol. The first-order chi connectivity index (χ1) is 29.9. The van der Waals surface area contributed by atoms with E-state index in [9.17, 15) is 14.4 Å². The number of aromatic amines is 1. The Balaban J connectivity index is 0.759. The van der Waals surface area contributed by atoms with E-state index in [2.05, 4.69) is 82.2 Å². The summed E-state index contributed by atoms with van der Waals surface area (Å²) in [7, 11) is 0. The predicted molar refractivity (Wildman–Crippen MR) is 237 cm³/mol. The van der Waals surface area contributed by atoms with E-state index >= 15 is 0 Å². The van der Waals surface area contributed by atoms with Gasteiger partial charge in [-0.05, 0) is 105 Å². The first-order valence-electron chi connectivity index (χ1n) is 21.7. The van der Waals surface area contributed by atoms with E-state index < -0.39 is 0 Å². The monoisotopic (exact) mass is 835 g/mol. The van der Waals surface area contributed by atoms with E-state index in [4.69, 9.17) is 9.51 Å². The Kier molecular flexibility index (Phi) is 11.3. The van der Waals surface area contributed by atoms with Crippen LogP contribution >= 0.6 is 0 Å². The molecule has 0 bridgehead atoms. The topological polar surface area (TPSA) is 178 Å². The number of aromatic nitrogens is 6. The van der Waals surface area contributed by atoms with Crippen LogP contribution in [0.25, 0.3) is 33.4 Å². The van der Waals surface area contributed by atoms with Crippen molar-refractivity contribution in [2.45, 2.75) is 77.7 Å². The van der Waals surface area contributed by atoms with Crippen LogP contribution in [0.15, 0.2) is 77.6 Å². The predicted octanol–water partition coefficient (Wildman–Crippen LogP) is 7.15. The number of hydrogen-bond donors (Lipinski definition) is 3. The third-order valence-corrected chi connectivity index (χ3v) is 12.6. The minimum atomic E-state index is -0.381. The molecule has 3 aliphatic rings. The number of piperidine rings is 2. The summed E-state index contributed by atoms with van der Waals surface area (Å²) in [6.45, 7) is 14.0. The number of nitrogens with zero attached hydrogens (tertiary/aromatic N) is 8. The highest BCUT2D eigenvalue weighted by Crippen LogP contribution is 2.33. The fourth-order valence-corrected chi connectivity index (χ4v) is 8.82. The lowest BCUT2D eigenvalue weighted by Crippen LogP contribution is -2.49. The zero-order chi connectivity index (χ0) is 43.0. The number of urea groups is 1. The van der Waals surface area contributed by atoms with Crippen LogP contribution in [0.5, 0.6) is 0 Å². The maximum atomic E-state index is 12.7. The molecule has 3 N–H and O–H groups in total. The van der Waals surface area contributed by atoms with Gasteiger partial charge in [-0.15, -0.1) is 0 Å². The molecule has 62 heavy (non-hydrogen) atoms. The number of likely N-dealkylation sites (tertiary alicyclic amines) is 1. The van der Waals surface area contributed by atoms with E-state index in [0.717, 1.165) is 95.8 Å². The average Bonchev–Trinajstić information content (AvgIpc) is 3.96. The molecule has 3 fully saturated rings. The van der Waals surface area contributed by atoms with Gasteiger partial charge in [-0.3, -0.25) is 29.9 Å². The van der Waals surface area contributed by atoms with Gasteiger partial charge in [0.25, 0.3) is 11.7 Å². The van der Waals surface area contributed by atoms with Gasteiger partial charge in [-0.25, -0.2) is 9.78 Å². The Labute approximate surface area is 360 Å². The van der Waals surface area contributed by atoms with Gasteiger partial charge in [0.05, 0.1) is 5.69 Å². The molecule has 3 aliphatic heterocycles. The molecule has 0 spiro atoms. The SMILES string of the molecule is Cc1cc(-c2[nH]nc3ncc(-c4ccc(C5CCN(CC6CCN(c7ccc(N8CCC(=O)NC8=O)cc7)CC6)CC5)nc4)cc23)ccc1CNC(=O)c1noc(C(C)(C)C)n1. The fraction of sp³-hybridized carbons (Fsp3) is 0.404. The van der Waals surface area contributed by atoms with E-state index in [-0.39, 0.29) is 29.1 Å². The molecule has 0 radical (unpaired) electrons. The van der Waals surface area contributed by atoms with Gasteiger partial charge in [-0.2, -0.15) is 10.1 Å². The quantitative estimate of drug-likeness (QED) is 0.128. The number of carbonyl (C=O) groups is 3. The molecule has 320 valence electrons. The minimum absolute atomic E-state index is 0.0253.